The molecule has 2 aromatic rings. The summed E-state index contributed by atoms with van der Waals surface area (Å²) in [6.45, 7) is 1.84. The molecule has 0 unspecified atom stereocenters. The molecule has 0 saturated carbocycles. The van der Waals surface area contributed by atoms with Crippen LogP contribution in [-0.4, -0.2) is 21.5 Å². The summed E-state index contributed by atoms with van der Waals surface area (Å²) in [5.74, 6) is -0.572. The monoisotopic (exact) mass is 353 g/mol. The summed E-state index contributed by atoms with van der Waals surface area (Å²) in [6, 6.07) is 11.2. The van der Waals surface area contributed by atoms with Gasteiger partial charge in [-0.25, -0.2) is 17.9 Å². The summed E-state index contributed by atoms with van der Waals surface area (Å²) < 4.78 is 31.9. The van der Waals surface area contributed by atoms with Crippen molar-refractivity contribution in [3.63, 3.8) is 0 Å². The Bertz CT molecular complexity index is 816. The summed E-state index contributed by atoms with van der Waals surface area (Å²) in [6.07, 6.45) is 0. The molecule has 0 amide bonds. The molecule has 0 aromatic heterocycles. The Morgan fingerprint density at radius 2 is 1.83 bits per heavy atom. The topological polar surface area (TPSA) is 72.5 Å². The van der Waals surface area contributed by atoms with Crippen molar-refractivity contribution in [2.24, 2.45) is 0 Å². The molecule has 5 nitrogen and oxygen atoms in total. The van der Waals surface area contributed by atoms with Crippen LogP contribution in [0.2, 0.25) is 5.02 Å². The van der Waals surface area contributed by atoms with E-state index in [-0.39, 0.29) is 17.0 Å². The van der Waals surface area contributed by atoms with Gasteiger partial charge < -0.3 is 4.74 Å². The van der Waals surface area contributed by atoms with E-state index in [9.17, 15) is 13.2 Å². The minimum Gasteiger partial charge on any atom is -0.465 e. The predicted octanol–water partition coefficient (Wildman–Crippen LogP) is 2.91. The van der Waals surface area contributed by atoms with E-state index < -0.39 is 16.0 Å². The highest BCUT2D eigenvalue weighted by molar-refractivity contribution is 7.89. The molecule has 0 heterocycles. The zero-order valence-corrected chi connectivity index (χ0v) is 14.2. The van der Waals surface area contributed by atoms with Crippen molar-refractivity contribution in [3.8, 4) is 0 Å². The molecule has 2 aromatic carbocycles. The normalized spacial score (nSPS) is 11.3. The minimum absolute atomic E-state index is 0.0115. The van der Waals surface area contributed by atoms with Gasteiger partial charge in [-0.3, -0.25) is 0 Å². The Morgan fingerprint density at radius 1 is 1.17 bits per heavy atom. The van der Waals surface area contributed by atoms with Gasteiger partial charge in [0.1, 0.15) is 0 Å². The van der Waals surface area contributed by atoms with Gasteiger partial charge in [-0.1, -0.05) is 29.8 Å². The van der Waals surface area contributed by atoms with Crippen molar-refractivity contribution in [1.82, 2.24) is 4.72 Å². The molecule has 23 heavy (non-hydrogen) atoms. The lowest BCUT2D eigenvalue weighted by Crippen LogP contribution is -2.23. The SMILES string of the molecule is COC(=O)c1cc(S(=O)(=O)NCc2ccc(Cl)cc2)ccc1C. The van der Waals surface area contributed by atoms with E-state index in [4.69, 9.17) is 11.6 Å². The highest BCUT2D eigenvalue weighted by Gasteiger charge is 2.18. The van der Waals surface area contributed by atoms with Gasteiger partial charge in [0.2, 0.25) is 10.0 Å². The van der Waals surface area contributed by atoms with E-state index in [1.807, 2.05) is 0 Å². The Labute approximate surface area is 140 Å². The zero-order chi connectivity index (χ0) is 17.0. The molecule has 0 spiro atoms. The second kappa shape index (κ2) is 7.12. The second-order valence-corrected chi connectivity index (χ2v) is 7.12. The van der Waals surface area contributed by atoms with Crippen LogP contribution < -0.4 is 4.72 Å². The number of carbonyl (C=O) groups excluding carboxylic acids is 1. The zero-order valence-electron chi connectivity index (χ0n) is 12.7. The second-order valence-electron chi connectivity index (χ2n) is 4.92. The number of ether oxygens (including phenoxy) is 1. The van der Waals surface area contributed by atoms with Crippen LogP contribution in [0, 0.1) is 6.92 Å². The molecule has 1 N–H and O–H groups in total. The third kappa shape index (κ3) is 4.31. The highest BCUT2D eigenvalue weighted by atomic mass is 35.5. The number of halogens is 1. The summed E-state index contributed by atoms with van der Waals surface area (Å²) in [5.41, 5.74) is 1.65. The van der Waals surface area contributed by atoms with E-state index in [0.29, 0.717) is 10.6 Å². The third-order valence-corrected chi connectivity index (χ3v) is 4.96. The van der Waals surface area contributed by atoms with Crippen LogP contribution in [0.4, 0.5) is 0 Å². The van der Waals surface area contributed by atoms with Gasteiger partial charge in [-0.15, -0.1) is 0 Å². The quantitative estimate of drug-likeness (QED) is 0.839. The van der Waals surface area contributed by atoms with Gasteiger partial charge in [-0.05, 0) is 42.3 Å². The van der Waals surface area contributed by atoms with Crippen molar-refractivity contribution >= 4 is 27.6 Å². The predicted molar refractivity (Wildman–Crippen MR) is 88.0 cm³/mol. The van der Waals surface area contributed by atoms with E-state index >= 15 is 0 Å². The molecular formula is C16H16ClNO4S. The number of esters is 1. The fraction of sp³-hybridized carbons (Fsp3) is 0.188. The van der Waals surface area contributed by atoms with Gasteiger partial charge in [0, 0.05) is 11.6 Å². The molecule has 0 bridgehead atoms. The molecule has 0 atom stereocenters. The summed E-state index contributed by atoms with van der Waals surface area (Å²) in [7, 11) is -2.49. The van der Waals surface area contributed by atoms with Crippen molar-refractivity contribution in [1.29, 1.82) is 0 Å². The Kier molecular flexibility index (Phi) is 5.41. The van der Waals surface area contributed by atoms with Crippen LogP contribution in [0.15, 0.2) is 47.4 Å². The fourth-order valence-corrected chi connectivity index (χ4v) is 3.13. The summed E-state index contributed by atoms with van der Waals surface area (Å²) in [4.78, 5) is 11.7. The van der Waals surface area contributed by atoms with Crippen LogP contribution in [-0.2, 0) is 21.3 Å². The number of hydrogen-bond donors (Lipinski definition) is 1. The Morgan fingerprint density at radius 3 is 2.43 bits per heavy atom. The van der Waals surface area contributed by atoms with Crippen LogP contribution in [0.25, 0.3) is 0 Å². The number of methoxy groups -OCH3 is 1. The van der Waals surface area contributed by atoms with Gasteiger partial charge in [0.25, 0.3) is 0 Å². The first-order valence-corrected chi connectivity index (χ1v) is 8.62. The fourth-order valence-electron chi connectivity index (χ4n) is 1.96. The molecule has 0 saturated heterocycles. The van der Waals surface area contributed by atoms with Gasteiger partial charge >= 0.3 is 5.97 Å². The van der Waals surface area contributed by atoms with E-state index in [2.05, 4.69) is 9.46 Å². The largest absolute Gasteiger partial charge is 0.465 e. The Balaban J connectivity index is 2.22. The highest BCUT2D eigenvalue weighted by Crippen LogP contribution is 2.17. The van der Waals surface area contributed by atoms with Crippen LogP contribution in [0.3, 0.4) is 0 Å². The maximum absolute atomic E-state index is 12.4. The number of carbonyl (C=O) groups is 1. The van der Waals surface area contributed by atoms with Crippen molar-refractivity contribution in [3.05, 3.63) is 64.2 Å². The maximum atomic E-state index is 12.4. The lowest BCUT2D eigenvalue weighted by molar-refractivity contribution is 0.0599. The summed E-state index contributed by atoms with van der Waals surface area (Å²) >= 11 is 5.79. The smallest absolute Gasteiger partial charge is 0.338 e. The Hall–Kier alpha value is -1.89. The molecule has 0 aliphatic rings. The lowest BCUT2D eigenvalue weighted by Gasteiger charge is -2.10. The van der Waals surface area contributed by atoms with E-state index in [1.54, 1.807) is 37.3 Å². The van der Waals surface area contributed by atoms with Gasteiger partial charge in [0.15, 0.2) is 0 Å². The number of hydrogen-bond acceptors (Lipinski definition) is 4. The minimum atomic E-state index is -3.74. The van der Waals surface area contributed by atoms with Crippen LogP contribution in [0.5, 0.6) is 0 Å². The molecule has 0 fully saturated rings. The average Bonchev–Trinajstić information content (AvgIpc) is 2.54. The summed E-state index contributed by atoms with van der Waals surface area (Å²) in [5, 5.41) is 0.581. The first-order valence-electron chi connectivity index (χ1n) is 6.76. The van der Waals surface area contributed by atoms with Crippen LogP contribution in [0.1, 0.15) is 21.5 Å². The van der Waals surface area contributed by atoms with Gasteiger partial charge in [-0.2, -0.15) is 0 Å². The van der Waals surface area contributed by atoms with E-state index in [0.717, 1.165) is 5.56 Å². The number of aryl methyl sites for hydroxylation is 1. The maximum Gasteiger partial charge on any atom is 0.338 e. The van der Waals surface area contributed by atoms with Gasteiger partial charge in [0.05, 0.1) is 17.6 Å². The molecular weight excluding hydrogens is 338 g/mol. The molecule has 0 radical (unpaired) electrons. The van der Waals surface area contributed by atoms with Crippen molar-refractivity contribution in [2.45, 2.75) is 18.4 Å². The van der Waals surface area contributed by atoms with Crippen LogP contribution >= 0.6 is 11.6 Å². The lowest BCUT2D eigenvalue weighted by atomic mass is 10.1. The van der Waals surface area contributed by atoms with E-state index in [1.165, 1.54) is 19.2 Å². The molecule has 122 valence electrons. The number of nitrogens with one attached hydrogen (secondary N) is 1. The first-order chi connectivity index (χ1) is 10.8. The number of rotatable bonds is 5. The van der Waals surface area contributed by atoms with Crippen molar-refractivity contribution < 1.29 is 17.9 Å². The molecule has 0 aliphatic carbocycles. The molecule has 2 rings (SSSR count). The number of benzene rings is 2. The first kappa shape index (κ1) is 17.5. The average molecular weight is 354 g/mol. The standard InChI is InChI=1S/C16H16ClNO4S/c1-11-3-8-14(9-15(11)16(19)22-2)23(20,21)18-10-12-4-6-13(17)7-5-12/h3-9,18H,10H2,1-2H3. The molecule has 7 heteroatoms. The number of sulfonamides is 1. The van der Waals surface area contributed by atoms with Crippen molar-refractivity contribution in [2.75, 3.05) is 7.11 Å². The molecule has 0 aliphatic heterocycles. The third-order valence-electron chi connectivity index (χ3n) is 3.30.